The third-order valence-electron chi connectivity index (χ3n) is 2.68. The summed E-state index contributed by atoms with van der Waals surface area (Å²) in [5.74, 6) is -0.196. The zero-order chi connectivity index (χ0) is 14.5. The number of nitrogens with one attached hydrogen (secondary N) is 1. The molecule has 0 saturated heterocycles. The van der Waals surface area contributed by atoms with Crippen molar-refractivity contribution < 1.29 is 13.9 Å². The van der Waals surface area contributed by atoms with Crippen LogP contribution in [0.4, 0.5) is 15.8 Å². The number of hydrogen-bond donors (Lipinski definition) is 2. The first-order chi connectivity index (χ1) is 9.54. The molecule has 0 radical (unpaired) electrons. The Hall–Kier alpha value is -2.56. The minimum Gasteiger partial charge on any atom is -0.484 e. The Balaban J connectivity index is 1.90. The third kappa shape index (κ3) is 3.71. The van der Waals surface area contributed by atoms with E-state index in [9.17, 15) is 9.18 Å². The Labute approximate surface area is 116 Å². The van der Waals surface area contributed by atoms with Crippen LogP contribution in [0.15, 0.2) is 42.5 Å². The van der Waals surface area contributed by atoms with Crippen molar-refractivity contribution in [3.8, 4) is 5.75 Å². The first kappa shape index (κ1) is 13.9. The van der Waals surface area contributed by atoms with Gasteiger partial charge in [0.1, 0.15) is 11.6 Å². The molecule has 20 heavy (non-hydrogen) atoms. The lowest BCUT2D eigenvalue weighted by molar-refractivity contribution is -0.118. The average molecular weight is 274 g/mol. The van der Waals surface area contributed by atoms with E-state index in [4.69, 9.17) is 10.5 Å². The van der Waals surface area contributed by atoms with Crippen LogP contribution in [-0.4, -0.2) is 12.5 Å². The van der Waals surface area contributed by atoms with Crippen LogP contribution in [-0.2, 0) is 4.79 Å². The molecule has 0 saturated carbocycles. The van der Waals surface area contributed by atoms with Crippen LogP contribution in [0.3, 0.4) is 0 Å². The Morgan fingerprint density at radius 2 is 1.95 bits per heavy atom. The number of anilines is 2. The van der Waals surface area contributed by atoms with Crippen LogP contribution in [0, 0.1) is 12.7 Å². The van der Waals surface area contributed by atoms with Crippen molar-refractivity contribution in [2.75, 3.05) is 17.7 Å². The van der Waals surface area contributed by atoms with E-state index >= 15 is 0 Å². The van der Waals surface area contributed by atoms with E-state index in [-0.39, 0.29) is 18.2 Å². The first-order valence-corrected chi connectivity index (χ1v) is 6.09. The number of rotatable bonds is 4. The highest BCUT2D eigenvalue weighted by Crippen LogP contribution is 2.19. The smallest absolute Gasteiger partial charge is 0.262 e. The highest BCUT2D eigenvalue weighted by Gasteiger charge is 2.07. The number of ether oxygens (including phenoxy) is 1. The van der Waals surface area contributed by atoms with Crippen molar-refractivity contribution in [2.45, 2.75) is 6.92 Å². The van der Waals surface area contributed by atoms with Crippen molar-refractivity contribution in [3.05, 3.63) is 53.8 Å². The maximum absolute atomic E-state index is 12.9. The molecule has 2 aromatic rings. The molecule has 3 N–H and O–H groups in total. The van der Waals surface area contributed by atoms with Crippen LogP contribution >= 0.6 is 0 Å². The van der Waals surface area contributed by atoms with Crippen LogP contribution in [0.5, 0.6) is 5.75 Å². The number of aryl methyl sites for hydroxylation is 1. The molecule has 0 spiro atoms. The summed E-state index contributed by atoms with van der Waals surface area (Å²) < 4.78 is 18.2. The predicted octanol–water partition coefficient (Wildman–Crippen LogP) is 2.73. The Kier molecular flexibility index (Phi) is 4.20. The van der Waals surface area contributed by atoms with Gasteiger partial charge in [-0.2, -0.15) is 0 Å². The minimum absolute atomic E-state index is 0.139. The van der Waals surface area contributed by atoms with E-state index in [1.54, 1.807) is 12.1 Å². The molecule has 5 heteroatoms. The second-order valence-electron chi connectivity index (χ2n) is 4.38. The fourth-order valence-corrected chi connectivity index (χ4v) is 1.62. The van der Waals surface area contributed by atoms with Crippen molar-refractivity contribution in [1.29, 1.82) is 0 Å². The summed E-state index contributed by atoms with van der Waals surface area (Å²) in [5.41, 5.74) is 7.25. The zero-order valence-corrected chi connectivity index (χ0v) is 11.0. The summed E-state index contributed by atoms with van der Waals surface area (Å²) in [5, 5.41) is 2.56. The van der Waals surface area contributed by atoms with Gasteiger partial charge in [-0.25, -0.2) is 4.39 Å². The maximum Gasteiger partial charge on any atom is 0.262 e. The molecule has 0 bridgehead atoms. The largest absolute Gasteiger partial charge is 0.484 e. The Bertz CT molecular complexity index is 612. The van der Waals surface area contributed by atoms with E-state index in [0.29, 0.717) is 11.4 Å². The fourth-order valence-electron chi connectivity index (χ4n) is 1.62. The molecule has 0 heterocycles. The predicted molar refractivity (Wildman–Crippen MR) is 76.1 cm³/mol. The number of amides is 1. The van der Waals surface area contributed by atoms with E-state index in [0.717, 1.165) is 11.6 Å². The van der Waals surface area contributed by atoms with Gasteiger partial charge in [0.05, 0.1) is 11.4 Å². The molecule has 1 amide bonds. The molecule has 2 rings (SSSR count). The Morgan fingerprint density at radius 1 is 1.25 bits per heavy atom. The number of carbonyl (C=O) groups excluding carboxylic acids is 1. The SMILES string of the molecule is Cc1ccc(OCC(=O)Nc2ccc(F)cc2N)cc1. The van der Waals surface area contributed by atoms with Gasteiger partial charge < -0.3 is 15.8 Å². The summed E-state index contributed by atoms with van der Waals surface area (Å²) in [4.78, 5) is 11.7. The number of nitrogens with two attached hydrogens (primary N) is 1. The van der Waals surface area contributed by atoms with E-state index in [2.05, 4.69) is 5.32 Å². The second kappa shape index (κ2) is 6.06. The quantitative estimate of drug-likeness (QED) is 0.842. The molecule has 0 aromatic heterocycles. The first-order valence-electron chi connectivity index (χ1n) is 6.09. The molecule has 0 unspecified atom stereocenters. The van der Waals surface area contributed by atoms with Gasteiger partial charge in [-0.05, 0) is 37.3 Å². The maximum atomic E-state index is 12.9. The minimum atomic E-state index is -0.448. The lowest BCUT2D eigenvalue weighted by Crippen LogP contribution is -2.20. The van der Waals surface area contributed by atoms with Crippen LogP contribution in [0.2, 0.25) is 0 Å². The molecule has 0 atom stereocenters. The number of hydrogen-bond acceptors (Lipinski definition) is 3. The van der Waals surface area contributed by atoms with Crippen LogP contribution in [0.1, 0.15) is 5.56 Å². The summed E-state index contributed by atoms with van der Waals surface area (Å²) in [6.45, 7) is 1.83. The lowest BCUT2D eigenvalue weighted by atomic mass is 10.2. The summed E-state index contributed by atoms with van der Waals surface area (Å²) in [6, 6.07) is 11.2. The van der Waals surface area contributed by atoms with Gasteiger partial charge in [0.15, 0.2) is 6.61 Å². The molecular formula is C15H15FN2O2. The molecule has 4 nitrogen and oxygen atoms in total. The van der Waals surface area contributed by atoms with E-state index in [1.165, 1.54) is 12.1 Å². The van der Waals surface area contributed by atoms with Gasteiger partial charge in [-0.1, -0.05) is 17.7 Å². The molecule has 0 aliphatic carbocycles. The zero-order valence-electron chi connectivity index (χ0n) is 11.0. The van der Waals surface area contributed by atoms with E-state index in [1.807, 2.05) is 19.1 Å². The number of nitrogen functional groups attached to an aromatic ring is 1. The standard InChI is InChI=1S/C15H15FN2O2/c1-10-2-5-12(6-3-10)20-9-15(19)18-14-7-4-11(16)8-13(14)17/h2-8H,9,17H2,1H3,(H,18,19). The lowest BCUT2D eigenvalue weighted by Gasteiger charge is -2.09. The van der Waals surface area contributed by atoms with Gasteiger partial charge in [0.25, 0.3) is 5.91 Å². The van der Waals surface area contributed by atoms with Gasteiger partial charge in [0, 0.05) is 0 Å². The van der Waals surface area contributed by atoms with Crippen LogP contribution in [0.25, 0.3) is 0 Å². The van der Waals surface area contributed by atoms with Gasteiger partial charge in [-0.3, -0.25) is 4.79 Å². The van der Waals surface area contributed by atoms with Crippen molar-refractivity contribution >= 4 is 17.3 Å². The van der Waals surface area contributed by atoms with Gasteiger partial charge >= 0.3 is 0 Å². The van der Waals surface area contributed by atoms with Gasteiger partial charge in [0.2, 0.25) is 0 Å². The highest BCUT2D eigenvalue weighted by molar-refractivity contribution is 5.94. The van der Waals surface area contributed by atoms with E-state index < -0.39 is 5.82 Å². The van der Waals surface area contributed by atoms with Crippen molar-refractivity contribution in [1.82, 2.24) is 0 Å². The molecule has 0 fully saturated rings. The average Bonchev–Trinajstić information content (AvgIpc) is 2.41. The van der Waals surface area contributed by atoms with Crippen LogP contribution < -0.4 is 15.8 Å². The Morgan fingerprint density at radius 3 is 2.60 bits per heavy atom. The third-order valence-corrected chi connectivity index (χ3v) is 2.68. The number of benzene rings is 2. The summed E-state index contributed by atoms with van der Waals surface area (Å²) in [7, 11) is 0. The molecular weight excluding hydrogens is 259 g/mol. The highest BCUT2D eigenvalue weighted by atomic mass is 19.1. The number of carbonyl (C=O) groups is 1. The van der Waals surface area contributed by atoms with Gasteiger partial charge in [-0.15, -0.1) is 0 Å². The fraction of sp³-hybridized carbons (Fsp3) is 0.133. The molecule has 0 aliphatic heterocycles. The normalized spacial score (nSPS) is 10.1. The molecule has 0 aliphatic rings. The second-order valence-corrected chi connectivity index (χ2v) is 4.38. The monoisotopic (exact) mass is 274 g/mol. The number of halogens is 1. The summed E-state index contributed by atoms with van der Waals surface area (Å²) in [6.07, 6.45) is 0. The van der Waals surface area contributed by atoms with Crippen molar-refractivity contribution in [2.24, 2.45) is 0 Å². The summed E-state index contributed by atoms with van der Waals surface area (Å²) >= 11 is 0. The topological polar surface area (TPSA) is 64.3 Å². The molecule has 2 aromatic carbocycles. The molecule has 104 valence electrons. The van der Waals surface area contributed by atoms with Crippen molar-refractivity contribution in [3.63, 3.8) is 0 Å².